The Bertz CT molecular complexity index is 895. The second kappa shape index (κ2) is 7.11. The van der Waals surface area contributed by atoms with E-state index in [4.69, 9.17) is 27.9 Å². The number of hydrogen-bond donors (Lipinski definition) is 0. The molecule has 128 valence electrons. The smallest absolute Gasteiger partial charge is 0.345 e. The van der Waals surface area contributed by atoms with Crippen molar-refractivity contribution in [2.24, 2.45) is 0 Å². The number of ether oxygens (including phenoxy) is 1. The van der Waals surface area contributed by atoms with Crippen LogP contribution in [-0.4, -0.2) is 32.8 Å². The van der Waals surface area contributed by atoms with E-state index in [1.165, 1.54) is 32.3 Å². The second-order valence-corrected chi connectivity index (χ2v) is 8.22. The van der Waals surface area contributed by atoms with Crippen molar-refractivity contribution >= 4 is 39.2 Å². The molecule has 0 saturated heterocycles. The van der Waals surface area contributed by atoms with Crippen LogP contribution in [0.25, 0.3) is 0 Å². The molecule has 2 aromatic rings. The topological polar surface area (TPSA) is 63.7 Å². The van der Waals surface area contributed by atoms with Crippen LogP contribution in [0.4, 0.5) is 0 Å². The molecule has 0 aliphatic carbocycles. The minimum Gasteiger partial charge on any atom is -0.421 e. The summed E-state index contributed by atoms with van der Waals surface area (Å²) in [6.07, 6.45) is 0. The van der Waals surface area contributed by atoms with Crippen molar-refractivity contribution in [3.8, 4) is 5.75 Å². The van der Waals surface area contributed by atoms with Crippen LogP contribution in [0.5, 0.6) is 5.75 Å². The Kier molecular flexibility index (Phi) is 5.55. The summed E-state index contributed by atoms with van der Waals surface area (Å²) in [6.45, 7) is 1.82. The van der Waals surface area contributed by atoms with Crippen molar-refractivity contribution in [3.05, 3.63) is 57.6 Å². The molecule has 0 unspecified atom stereocenters. The van der Waals surface area contributed by atoms with Crippen molar-refractivity contribution < 1.29 is 17.9 Å². The predicted octanol–water partition coefficient (Wildman–Crippen LogP) is 3.77. The highest BCUT2D eigenvalue weighted by Crippen LogP contribution is 2.28. The van der Waals surface area contributed by atoms with Gasteiger partial charge in [-0.3, -0.25) is 0 Å². The molecular formula is C16H15Cl2NO4S. The first-order valence-electron chi connectivity index (χ1n) is 6.83. The van der Waals surface area contributed by atoms with Crippen LogP contribution in [0.15, 0.2) is 41.3 Å². The average Bonchev–Trinajstić information content (AvgIpc) is 2.50. The van der Waals surface area contributed by atoms with Crippen LogP contribution in [0, 0.1) is 6.92 Å². The van der Waals surface area contributed by atoms with E-state index in [9.17, 15) is 13.2 Å². The Balaban J connectivity index is 2.41. The van der Waals surface area contributed by atoms with E-state index in [1.807, 2.05) is 6.92 Å². The summed E-state index contributed by atoms with van der Waals surface area (Å²) < 4.78 is 30.7. The number of hydrogen-bond acceptors (Lipinski definition) is 4. The van der Waals surface area contributed by atoms with Crippen LogP contribution in [-0.2, 0) is 10.0 Å². The highest BCUT2D eigenvalue weighted by Gasteiger charge is 2.22. The molecule has 24 heavy (non-hydrogen) atoms. The maximum absolute atomic E-state index is 12.4. The fourth-order valence-corrected chi connectivity index (χ4v) is 3.15. The van der Waals surface area contributed by atoms with Gasteiger partial charge in [0.25, 0.3) is 0 Å². The number of rotatable bonds is 4. The molecule has 0 aromatic heterocycles. The van der Waals surface area contributed by atoms with Gasteiger partial charge in [0.2, 0.25) is 10.0 Å². The molecule has 0 bridgehead atoms. The zero-order chi connectivity index (χ0) is 18.1. The minimum absolute atomic E-state index is 0.0563. The summed E-state index contributed by atoms with van der Waals surface area (Å²) >= 11 is 12.0. The summed E-state index contributed by atoms with van der Waals surface area (Å²) in [5.74, 6) is -0.609. The lowest BCUT2D eigenvalue weighted by Crippen LogP contribution is -2.22. The average molecular weight is 388 g/mol. The highest BCUT2D eigenvalue weighted by molar-refractivity contribution is 7.89. The number of aryl methyl sites for hydroxylation is 1. The quantitative estimate of drug-likeness (QED) is 0.591. The van der Waals surface area contributed by atoms with E-state index in [2.05, 4.69) is 0 Å². The predicted molar refractivity (Wildman–Crippen MR) is 93.5 cm³/mol. The van der Waals surface area contributed by atoms with Gasteiger partial charge in [0, 0.05) is 14.1 Å². The van der Waals surface area contributed by atoms with Gasteiger partial charge in [-0.15, -0.1) is 0 Å². The lowest BCUT2D eigenvalue weighted by atomic mass is 10.2. The summed E-state index contributed by atoms with van der Waals surface area (Å²) in [5.41, 5.74) is 0.800. The van der Waals surface area contributed by atoms with Crippen molar-refractivity contribution in [1.82, 2.24) is 4.31 Å². The van der Waals surface area contributed by atoms with Gasteiger partial charge in [-0.2, -0.15) is 0 Å². The maximum Gasteiger partial charge on any atom is 0.345 e. The monoisotopic (exact) mass is 387 g/mol. The molecule has 0 aliphatic heterocycles. The third-order valence-electron chi connectivity index (χ3n) is 3.23. The largest absolute Gasteiger partial charge is 0.421 e. The zero-order valence-corrected chi connectivity index (χ0v) is 15.5. The van der Waals surface area contributed by atoms with Crippen LogP contribution >= 0.6 is 23.2 Å². The first-order chi connectivity index (χ1) is 11.1. The molecule has 0 spiro atoms. The lowest BCUT2D eigenvalue weighted by Gasteiger charge is -2.13. The normalized spacial score (nSPS) is 11.6. The third-order valence-corrected chi connectivity index (χ3v) is 5.68. The van der Waals surface area contributed by atoms with Gasteiger partial charge in [0.1, 0.15) is 5.75 Å². The molecule has 0 amide bonds. The molecule has 5 nitrogen and oxygen atoms in total. The maximum atomic E-state index is 12.4. The standard InChI is InChI=1S/C16H15Cl2NO4S/c1-10-4-6-14(18)15(8-10)23-16(20)12-9-11(5-7-13(12)17)24(21,22)19(2)3/h4-9H,1-3H3. The van der Waals surface area contributed by atoms with Gasteiger partial charge < -0.3 is 4.74 Å². The summed E-state index contributed by atoms with van der Waals surface area (Å²) in [7, 11) is -0.902. The van der Waals surface area contributed by atoms with Gasteiger partial charge in [-0.1, -0.05) is 29.3 Å². The van der Waals surface area contributed by atoms with Crippen molar-refractivity contribution in [2.75, 3.05) is 14.1 Å². The molecule has 2 aromatic carbocycles. The van der Waals surface area contributed by atoms with Crippen LogP contribution in [0.2, 0.25) is 10.0 Å². The van der Waals surface area contributed by atoms with E-state index in [1.54, 1.807) is 18.2 Å². The molecule has 0 radical (unpaired) electrons. The van der Waals surface area contributed by atoms with Gasteiger partial charge in [-0.25, -0.2) is 17.5 Å². The number of nitrogens with zero attached hydrogens (tertiary/aromatic N) is 1. The van der Waals surface area contributed by atoms with Crippen LogP contribution in [0.1, 0.15) is 15.9 Å². The Morgan fingerprint density at radius 2 is 1.67 bits per heavy atom. The Labute approximate surface area is 150 Å². The third kappa shape index (κ3) is 3.89. The van der Waals surface area contributed by atoms with Crippen LogP contribution < -0.4 is 4.74 Å². The number of sulfonamides is 1. The van der Waals surface area contributed by atoms with Gasteiger partial charge in [0.05, 0.1) is 20.5 Å². The van der Waals surface area contributed by atoms with E-state index in [-0.39, 0.29) is 26.3 Å². The number of carbonyl (C=O) groups is 1. The molecule has 0 aliphatic rings. The van der Waals surface area contributed by atoms with E-state index >= 15 is 0 Å². The number of esters is 1. The minimum atomic E-state index is -3.70. The zero-order valence-electron chi connectivity index (χ0n) is 13.2. The number of benzene rings is 2. The Morgan fingerprint density at radius 3 is 2.29 bits per heavy atom. The van der Waals surface area contributed by atoms with Crippen molar-refractivity contribution in [3.63, 3.8) is 0 Å². The molecular weight excluding hydrogens is 373 g/mol. The fraction of sp³-hybridized carbons (Fsp3) is 0.188. The SMILES string of the molecule is Cc1ccc(Cl)c(OC(=O)c2cc(S(=O)(=O)N(C)C)ccc2Cl)c1. The van der Waals surface area contributed by atoms with Crippen LogP contribution in [0.3, 0.4) is 0 Å². The summed E-state index contributed by atoms with van der Waals surface area (Å²) in [6, 6.07) is 8.84. The van der Waals surface area contributed by atoms with Crippen molar-refractivity contribution in [2.45, 2.75) is 11.8 Å². The number of halogens is 2. The molecule has 0 saturated carbocycles. The molecule has 2 rings (SSSR count). The molecule has 0 N–H and O–H groups in total. The fourth-order valence-electron chi connectivity index (χ4n) is 1.88. The van der Waals surface area contributed by atoms with E-state index < -0.39 is 16.0 Å². The first kappa shape index (κ1) is 18.7. The first-order valence-corrected chi connectivity index (χ1v) is 9.03. The molecule has 0 heterocycles. The number of carbonyl (C=O) groups excluding carboxylic acids is 1. The highest BCUT2D eigenvalue weighted by atomic mass is 35.5. The van der Waals surface area contributed by atoms with Gasteiger partial charge >= 0.3 is 5.97 Å². The summed E-state index contributed by atoms with van der Waals surface area (Å²) in [4.78, 5) is 12.3. The second-order valence-electron chi connectivity index (χ2n) is 5.25. The molecule has 8 heteroatoms. The van der Waals surface area contributed by atoms with E-state index in [0.29, 0.717) is 0 Å². The van der Waals surface area contributed by atoms with E-state index in [0.717, 1.165) is 9.87 Å². The van der Waals surface area contributed by atoms with Gasteiger partial charge in [-0.05, 0) is 42.8 Å². The Morgan fingerprint density at radius 1 is 1.04 bits per heavy atom. The Hall–Kier alpha value is -1.60. The van der Waals surface area contributed by atoms with Gasteiger partial charge in [0.15, 0.2) is 0 Å². The van der Waals surface area contributed by atoms with Crippen molar-refractivity contribution in [1.29, 1.82) is 0 Å². The lowest BCUT2D eigenvalue weighted by molar-refractivity contribution is 0.0734. The summed E-state index contributed by atoms with van der Waals surface area (Å²) in [5, 5.41) is 0.351. The molecule has 0 atom stereocenters. The molecule has 0 fully saturated rings.